The summed E-state index contributed by atoms with van der Waals surface area (Å²) in [5, 5.41) is 15.5. The highest BCUT2D eigenvalue weighted by molar-refractivity contribution is 5.82. The second-order valence-corrected chi connectivity index (χ2v) is 2.37. The van der Waals surface area contributed by atoms with Crippen LogP contribution in [0.5, 0.6) is 0 Å². The summed E-state index contributed by atoms with van der Waals surface area (Å²) >= 11 is 0. The minimum Gasteiger partial charge on any atom is -0.502 e. The van der Waals surface area contributed by atoms with Crippen LogP contribution in [0.25, 0.3) is 6.08 Å². The third-order valence-corrected chi connectivity index (χ3v) is 1.28. The van der Waals surface area contributed by atoms with Gasteiger partial charge in [-0.25, -0.2) is 4.79 Å². The van der Waals surface area contributed by atoms with Gasteiger partial charge in [-0.05, 0) is 12.1 Å². The van der Waals surface area contributed by atoms with Gasteiger partial charge >= 0.3 is 5.97 Å². The maximum atomic E-state index is 9.35. The van der Waals surface area contributed by atoms with Gasteiger partial charge in [-0.3, -0.25) is 0 Å². The maximum Gasteiger partial charge on any atom is 0.370 e. The van der Waals surface area contributed by atoms with E-state index in [2.05, 4.69) is 13.2 Å². The van der Waals surface area contributed by atoms with Gasteiger partial charge in [-0.2, -0.15) is 0 Å². The molecule has 0 bridgehead atoms. The Morgan fingerprint density at radius 1 is 1.21 bits per heavy atom. The fourth-order valence-electron chi connectivity index (χ4n) is 0.589. The lowest BCUT2D eigenvalue weighted by Gasteiger charge is -1.85. The molecule has 0 saturated carbocycles. The first-order valence-electron chi connectivity index (χ1n) is 3.86. The predicted octanol–water partition coefficient (Wildman–Crippen LogP) is 2.47. The summed E-state index contributed by atoms with van der Waals surface area (Å²) in [6.45, 7) is 6.34. The maximum absolute atomic E-state index is 9.35. The van der Waals surface area contributed by atoms with Crippen molar-refractivity contribution in [2.45, 2.75) is 0 Å². The van der Waals surface area contributed by atoms with E-state index in [1.54, 1.807) is 0 Å². The van der Waals surface area contributed by atoms with E-state index in [1.165, 1.54) is 5.56 Å². The Bertz CT molecular complexity index is 303. The summed E-state index contributed by atoms with van der Waals surface area (Å²) in [6, 6.07) is 10.0. The quantitative estimate of drug-likeness (QED) is 0.559. The Labute approximate surface area is 82.6 Å². The van der Waals surface area contributed by atoms with Crippen molar-refractivity contribution in [1.82, 2.24) is 0 Å². The molecule has 74 valence electrons. The summed E-state index contributed by atoms with van der Waals surface area (Å²) in [6.07, 6.45) is 1.83. The largest absolute Gasteiger partial charge is 0.502 e. The van der Waals surface area contributed by atoms with Crippen LogP contribution in [0.2, 0.25) is 0 Å². The first kappa shape index (κ1) is 12.0. The number of carboxylic acids is 1. The van der Waals surface area contributed by atoms with Crippen molar-refractivity contribution in [3.05, 3.63) is 54.8 Å². The molecule has 0 saturated heterocycles. The third-order valence-electron chi connectivity index (χ3n) is 1.28. The lowest BCUT2D eigenvalue weighted by molar-refractivity contribution is -0.135. The van der Waals surface area contributed by atoms with E-state index < -0.39 is 11.7 Å². The third kappa shape index (κ3) is 5.60. The highest BCUT2D eigenvalue weighted by atomic mass is 16.4. The standard InChI is InChI=1S/C8H8.C3H4O3/c1-2-8-6-4-3-5-7-8;1-2(4)3(5)6/h2-7H,1H2;4H,1H2,(H,5,6). The first-order valence-corrected chi connectivity index (χ1v) is 3.86. The molecular weight excluding hydrogens is 180 g/mol. The monoisotopic (exact) mass is 192 g/mol. The second kappa shape index (κ2) is 6.48. The molecule has 0 amide bonds. The molecule has 2 N–H and O–H groups in total. The van der Waals surface area contributed by atoms with Crippen molar-refractivity contribution in [3.63, 3.8) is 0 Å². The molecule has 0 aromatic heterocycles. The number of carbonyl (C=O) groups is 1. The summed E-state index contributed by atoms with van der Waals surface area (Å²) in [5.74, 6) is -2.20. The number of benzene rings is 1. The molecule has 0 aliphatic rings. The van der Waals surface area contributed by atoms with Gasteiger partial charge < -0.3 is 10.2 Å². The number of aliphatic carboxylic acids is 1. The molecular formula is C11H12O3. The van der Waals surface area contributed by atoms with Crippen molar-refractivity contribution in [1.29, 1.82) is 0 Å². The number of aliphatic hydroxyl groups excluding tert-OH is 1. The zero-order chi connectivity index (χ0) is 11.0. The zero-order valence-corrected chi connectivity index (χ0v) is 7.68. The van der Waals surface area contributed by atoms with Gasteiger partial charge in [-0.15, -0.1) is 0 Å². The van der Waals surface area contributed by atoms with Gasteiger partial charge in [0.2, 0.25) is 0 Å². The van der Waals surface area contributed by atoms with Crippen molar-refractivity contribution >= 4 is 12.0 Å². The van der Waals surface area contributed by atoms with Crippen molar-refractivity contribution in [2.75, 3.05) is 0 Å². The molecule has 14 heavy (non-hydrogen) atoms. The van der Waals surface area contributed by atoms with E-state index in [-0.39, 0.29) is 0 Å². The lowest BCUT2D eigenvalue weighted by atomic mass is 10.2. The Kier molecular flexibility index (Phi) is 5.54. The molecule has 1 aromatic carbocycles. The molecule has 0 radical (unpaired) electrons. The highest BCUT2D eigenvalue weighted by Crippen LogP contribution is 1.97. The molecule has 0 spiro atoms. The van der Waals surface area contributed by atoms with Crippen LogP contribution in [-0.4, -0.2) is 16.2 Å². The number of aliphatic hydroxyl groups is 1. The fourth-order valence-corrected chi connectivity index (χ4v) is 0.589. The van der Waals surface area contributed by atoms with Crippen LogP contribution < -0.4 is 0 Å². The Morgan fingerprint density at radius 3 is 1.86 bits per heavy atom. The summed E-state index contributed by atoms with van der Waals surface area (Å²) in [4.78, 5) is 9.35. The average Bonchev–Trinajstić information content (AvgIpc) is 2.20. The topological polar surface area (TPSA) is 57.5 Å². The molecule has 0 atom stereocenters. The van der Waals surface area contributed by atoms with Crippen LogP contribution in [0, 0.1) is 0 Å². The SMILES string of the molecule is C=C(O)C(=O)O.C=Cc1ccccc1. The van der Waals surface area contributed by atoms with E-state index in [9.17, 15) is 4.79 Å². The van der Waals surface area contributed by atoms with Crippen LogP contribution >= 0.6 is 0 Å². The van der Waals surface area contributed by atoms with Gasteiger partial charge in [0, 0.05) is 0 Å². The number of hydrogen-bond donors (Lipinski definition) is 2. The Balaban J connectivity index is 0.000000255. The van der Waals surface area contributed by atoms with E-state index >= 15 is 0 Å². The molecule has 1 aromatic rings. The van der Waals surface area contributed by atoms with Gasteiger partial charge in [-0.1, -0.05) is 43.0 Å². The van der Waals surface area contributed by atoms with E-state index in [0.717, 1.165) is 0 Å². The van der Waals surface area contributed by atoms with Crippen molar-refractivity contribution in [2.24, 2.45) is 0 Å². The van der Waals surface area contributed by atoms with Gasteiger partial charge in [0.25, 0.3) is 0 Å². The van der Waals surface area contributed by atoms with Crippen LogP contribution in [0.4, 0.5) is 0 Å². The van der Waals surface area contributed by atoms with Crippen LogP contribution in [-0.2, 0) is 4.79 Å². The van der Waals surface area contributed by atoms with E-state index in [4.69, 9.17) is 10.2 Å². The molecule has 0 unspecified atom stereocenters. The smallest absolute Gasteiger partial charge is 0.370 e. The van der Waals surface area contributed by atoms with E-state index in [1.807, 2.05) is 36.4 Å². The molecule has 0 aliphatic carbocycles. The molecule has 1 rings (SSSR count). The molecule has 3 nitrogen and oxygen atoms in total. The predicted molar refractivity (Wildman–Crippen MR) is 55.9 cm³/mol. The summed E-state index contributed by atoms with van der Waals surface area (Å²) < 4.78 is 0. The average molecular weight is 192 g/mol. The Morgan fingerprint density at radius 2 is 1.64 bits per heavy atom. The van der Waals surface area contributed by atoms with Gasteiger partial charge in [0.05, 0.1) is 0 Å². The number of carboxylic acid groups (broad SMARTS) is 1. The lowest BCUT2D eigenvalue weighted by Crippen LogP contribution is -1.95. The van der Waals surface area contributed by atoms with Crippen molar-refractivity contribution < 1.29 is 15.0 Å². The summed E-state index contributed by atoms with van der Waals surface area (Å²) in [7, 11) is 0. The van der Waals surface area contributed by atoms with Crippen LogP contribution in [0.3, 0.4) is 0 Å². The van der Waals surface area contributed by atoms with Crippen molar-refractivity contribution in [3.8, 4) is 0 Å². The van der Waals surface area contributed by atoms with Gasteiger partial charge in [0.1, 0.15) is 0 Å². The van der Waals surface area contributed by atoms with E-state index in [0.29, 0.717) is 0 Å². The number of hydrogen-bond acceptors (Lipinski definition) is 2. The first-order chi connectivity index (χ1) is 6.57. The second-order valence-electron chi connectivity index (χ2n) is 2.37. The highest BCUT2D eigenvalue weighted by Gasteiger charge is 1.94. The number of rotatable bonds is 2. The van der Waals surface area contributed by atoms with Gasteiger partial charge in [0.15, 0.2) is 5.76 Å². The minimum atomic E-state index is -1.38. The Hall–Kier alpha value is -2.03. The summed E-state index contributed by atoms with van der Waals surface area (Å²) in [5.41, 5.74) is 1.17. The zero-order valence-electron chi connectivity index (χ0n) is 7.68. The normalized spacial score (nSPS) is 8.00. The fraction of sp³-hybridized carbons (Fsp3) is 0. The minimum absolute atomic E-state index is 0.824. The van der Waals surface area contributed by atoms with Crippen LogP contribution in [0.15, 0.2) is 49.2 Å². The molecule has 0 fully saturated rings. The van der Waals surface area contributed by atoms with Crippen LogP contribution in [0.1, 0.15) is 5.56 Å². The molecule has 3 heteroatoms. The molecule has 0 heterocycles. The molecule has 0 aliphatic heterocycles.